The first-order valence-electron chi connectivity index (χ1n) is 11.2. The number of hydrogen-bond acceptors (Lipinski definition) is 4. The van der Waals surface area contributed by atoms with Gasteiger partial charge >= 0.3 is 0 Å². The monoisotopic (exact) mass is 424 g/mol. The quantitative estimate of drug-likeness (QED) is 0.715. The van der Waals surface area contributed by atoms with Crippen molar-refractivity contribution in [2.45, 2.75) is 44.2 Å². The lowest BCUT2D eigenvalue weighted by Crippen LogP contribution is -2.50. The van der Waals surface area contributed by atoms with Gasteiger partial charge in [-0.3, -0.25) is 14.3 Å². The topological polar surface area (TPSA) is 67.7 Å². The van der Waals surface area contributed by atoms with E-state index in [1.807, 2.05) is 42.1 Å². The first-order chi connectivity index (χ1) is 15.0. The molecule has 2 fully saturated rings. The van der Waals surface area contributed by atoms with Crippen molar-refractivity contribution in [2.75, 3.05) is 26.7 Å². The molecule has 7 heteroatoms. The van der Waals surface area contributed by atoms with Crippen LogP contribution in [0.1, 0.15) is 41.7 Å². The van der Waals surface area contributed by atoms with E-state index in [-0.39, 0.29) is 24.0 Å². The maximum Gasteiger partial charge on any atom is 0.274 e. The number of aromatic nitrogens is 2. The van der Waals surface area contributed by atoms with E-state index in [1.165, 1.54) is 5.56 Å². The summed E-state index contributed by atoms with van der Waals surface area (Å²) in [5.74, 6) is 0.402. The number of carbonyl (C=O) groups is 2. The van der Waals surface area contributed by atoms with E-state index >= 15 is 0 Å². The minimum atomic E-state index is -0.259. The van der Waals surface area contributed by atoms with Crippen LogP contribution in [-0.2, 0) is 23.0 Å². The highest BCUT2D eigenvalue weighted by Crippen LogP contribution is 2.28. The molecule has 0 bridgehead atoms. The fourth-order valence-corrected chi connectivity index (χ4v) is 4.82. The van der Waals surface area contributed by atoms with Crippen molar-refractivity contribution in [3.8, 4) is 0 Å². The summed E-state index contributed by atoms with van der Waals surface area (Å²) >= 11 is 0. The average molecular weight is 425 g/mol. The molecule has 2 aromatic rings. The first-order valence-corrected chi connectivity index (χ1v) is 11.2. The highest BCUT2D eigenvalue weighted by molar-refractivity contribution is 5.92. The molecule has 31 heavy (non-hydrogen) atoms. The van der Waals surface area contributed by atoms with Crippen LogP contribution < -0.4 is 0 Å². The lowest BCUT2D eigenvalue weighted by atomic mass is 9.84. The van der Waals surface area contributed by atoms with Crippen LogP contribution in [0.3, 0.4) is 0 Å². The number of hydrogen-bond donors (Lipinski definition) is 0. The van der Waals surface area contributed by atoms with Crippen LogP contribution in [0.2, 0.25) is 0 Å². The van der Waals surface area contributed by atoms with Gasteiger partial charge in [-0.25, -0.2) is 0 Å². The summed E-state index contributed by atoms with van der Waals surface area (Å²) in [5, 5.41) is 4.30. The Balaban J connectivity index is 1.46. The molecule has 0 radical (unpaired) electrons. The first kappa shape index (κ1) is 21.6. The molecular formula is C24H32N4O3. The zero-order valence-corrected chi connectivity index (χ0v) is 18.4. The Bertz CT molecular complexity index is 883. The van der Waals surface area contributed by atoms with Gasteiger partial charge in [0.15, 0.2) is 0 Å². The van der Waals surface area contributed by atoms with Crippen LogP contribution in [0.15, 0.2) is 42.6 Å². The second-order valence-corrected chi connectivity index (χ2v) is 8.71. The molecule has 2 amide bonds. The Kier molecular flexibility index (Phi) is 6.70. The van der Waals surface area contributed by atoms with E-state index in [2.05, 4.69) is 17.2 Å². The van der Waals surface area contributed by atoms with Crippen molar-refractivity contribution >= 4 is 11.8 Å². The van der Waals surface area contributed by atoms with Gasteiger partial charge in [0.05, 0.1) is 0 Å². The Labute approximate surface area is 184 Å². The third-order valence-electron chi connectivity index (χ3n) is 6.64. The Hall–Kier alpha value is -2.67. The predicted molar refractivity (Wildman–Crippen MR) is 118 cm³/mol. The number of carbonyl (C=O) groups excluding carboxylic acids is 2. The second kappa shape index (κ2) is 9.64. The minimum Gasteiger partial charge on any atom is -0.368 e. The van der Waals surface area contributed by atoms with Crippen molar-refractivity contribution in [3.63, 3.8) is 0 Å². The minimum absolute atomic E-state index is 0.0527. The van der Waals surface area contributed by atoms with Gasteiger partial charge in [0.2, 0.25) is 0 Å². The van der Waals surface area contributed by atoms with Crippen LogP contribution in [-0.4, -0.2) is 70.3 Å². The van der Waals surface area contributed by atoms with Crippen molar-refractivity contribution < 1.29 is 14.3 Å². The normalized spacial score (nSPS) is 20.6. The van der Waals surface area contributed by atoms with Crippen molar-refractivity contribution in [2.24, 2.45) is 13.0 Å². The highest BCUT2D eigenvalue weighted by atomic mass is 16.5. The molecule has 0 saturated carbocycles. The summed E-state index contributed by atoms with van der Waals surface area (Å²) in [6.07, 6.45) is 5.89. The van der Waals surface area contributed by atoms with E-state index in [1.54, 1.807) is 16.9 Å². The average Bonchev–Trinajstić information content (AvgIpc) is 3.49. The summed E-state index contributed by atoms with van der Waals surface area (Å²) < 4.78 is 7.24. The lowest BCUT2D eigenvalue weighted by molar-refractivity contribution is -0.142. The van der Waals surface area contributed by atoms with Crippen LogP contribution in [0.4, 0.5) is 0 Å². The number of nitrogens with zero attached hydrogens (tertiary/aromatic N) is 4. The highest BCUT2D eigenvalue weighted by Gasteiger charge is 2.35. The van der Waals surface area contributed by atoms with E-state index in [0.29, 0.717) is 18.2 Å². The third-order valence-corrected chi connectivity index (χ3v) is 6.64. The molecule has 2 aliphatic rings. The van der Waals surface area contributed by atoms with Gasteiger partial charge in [-0.05, 0) is 49.7 Å². The molecule has 0 aliphatic carbocycles. The standard InChI is InChI=1S/C24H32N4O3/c1-26-13-12-20(25-26)23(29)27(2)21(17-18-7-4-3-5-8-18)19-10-14-28(15-11-19)24(30)22-9-6-16-31-22/h3-5,7-8,12-13,19,21-22H,6,9-11,14-17H2,1-2H3. The Morgan fingerprint density at radius 1 is 1.16 bits per heavy atom. The van der Waals surface area contributed by atoms with Gasteiger partial charge in [-0.2, -0.15) is 5.10 Å². The maximum absolute atomic E-state index is 13.1. The number of likely N-dealkylation sites (N-methyl/N-ethyl adjacent to an activating group) is 1. The molecule has 2 atom stereocenters. The molecule has 3 heterocycles. The molecule has 2 aliphatic heterocycles. The summed E-state index contributed by atoms with van der Waals surface area (Å²) in [6, 6.07) is 12.1. The zero-order chi connectivity index (χ0) is 21.8. The largest absolute Gasteiger partial charge is 0.368 e. The van der Waals surface area contributed by atoms with Gasteiger partial charge in [0, 0.05) is 46.0 Å². The summed E-state index contributed by atoms with van der Waals surface area (Å²) in [4.78, 5) is 29.7. The Morgan fingerprint density at radius 2 is 1.90 bits per heavy atom. The smallest absolute Gasteiger partial charge is 0.274 e. The summed E-state index contributed by atoms with van der Waals surface area (Å²) in [6.45, 7) is 2.13. The molecular weight excluding hydrogens is 392 g/mol. The molecule has 1 aromatic carbocycles. The number of piperidine rings is 1. The molecule has 4 rings (SSSR count). The van der Waals surface area contributed by atoms with Gasteiger partial charge < -0.3 is 14.5 Å². The predicted octanol–water partition coefficient (Wildman–Crippen LogP) is 2.52. The lowest BCUT2D eigenvalue weighted by Gasteiger charge is -2.40. The molecule has 2 saturated heterocycles. The van der Waals surface area contributed by atoms with Crippen molar-refractivity contribution in [1.29, 1.82) is 0 Å². The fraction of sp³-hybridized carbons (Fsp3) is 0.542. The number of likely N-dealkylation sites (tertiary alicyclic amines) is 1. The molecule has 7 nitrogen and oxygen atoms in total. The number of amides is 2. The van der Waals surface area contributed by atoms with Gasteiger partial charge in [0.1, 0.15) is 11.8 Å². The molecule has 0 N–H and O–H groups in total. The van der Waals surface area contributed by atoms with Crippen LogP contribution in [0.5, 0.6) is 0 Å². The van der Waals surface area contributed by atoms with Crippen molar-refractivity contribution in [1.82, 2.24) is 19.6 Å². The Morgan fingerprint density at radius 3 is 2.52 bits per heavy atom. The molecule has 0 spiro atoms. The third kappa shape index (κ3) is 4.98. The van der Waals surface area contributed by atoms with Crippen molar-refractivity contribution in [3.05, 3.63) is 53.9 Å². The number of ether oxygens (including phenoxy) is 1. The number of benzene rings is 1. The van der Waals surface area contributed by atoms with Crippen LogP contribution in [0, 0.1) is 5.92 Å². The van der Waals surface area contributed by atoms with Crippen LogP contribution >= 0.6 is 0 Å². The molecule has 166 valence electrons. The molecule has 2 unspecified atom stereocenters. The SMILES string of the molecule is CN(C(=O)c1ccn(C)n1)C(Cc1ccccc1)C1CCN(C(=O)C2CCCO2)CC1. The summed E-state index contributed by atoms with van der Waals surface area (Å²) in [5.41, 5.74) is 1.68. The maximum atomic E-state index is 13.1. The number of rotatable bonds is 6. The van der Waals surface area contributed by atoms with Gasteiger partial charge in [-0.15, -0.1) is 0 Å². The zero-order valence-electron chi connectivity index (χ0n) is 18.4. The molecule has 1 aromatic heterocycles. The fourth-order valence-electron chi connectivity index (χ4n) is 4.82. The van der Waals surface area contributed by atoms with E-state index in [0.717, 1.165) is 45.2 Å². The van der Waals surface area contributed by atoms with Gasteiger partial charge in [0.25, 0.3) is 11.8 Å². The summed E-state index contributed by atoms with van der Waals surface area (Å²) in [7, 11) is 3.70. The van der Waals surface area contributed by atoms with Gasteiger partial charge in [-0.1, -0.05) is 30.3 Å². The second-order valence-electron chi connectivity index (χ2n) is 8.71. The van der Waals surface area contributed by atoms with E-state index in [9.17, 15) is 9.59 Å². The van der Waals surface area contributed by atoms with E-state index in [4.69, 9.17) is 4.74 Å². The van der Waals surface area contributed by atoms with Crippen LogP contribution in [0.25, 0.3) is 0 Å². The van der Waals surface area contributed by atoms with E-state index < -0.39 is 0 Å². The number of aryl methyl sites for hydroxylation is 1.